The average Bonchev–Trinajstić information content (AvgIpc) is 3.36. The van der Waals surface area contributed by atoms with Crippen LogP contribution in [0.3, 0.4) is 0 Å². The Kier molecular flexibility index (Phi) is 7.11. The van der Waals surface area contributed by atoms with Gasteiger partial charge in [-0.2, -0.15) is 5.10 Å². The number of amides is 1. The van der Waals surface area contributed by atoms with Gasteiger partial charge in [0.05, 0.1) is 17.2 Å². The van der Waals surface area contributed by atoms with Gasteiger partial charge in [0, 0.05) is 30.9 Å². The molecule has 0 aliphatic carbocycles. The number of ether oxygens (including phenoxy) is 1. The lowest BCUT2D eigenvalue weighted by atomic mass is 9.75. The van der Waals surface area contributed by atoms with Gasteiger partial charge < -0.3 is 18.9 Å². The molecule has 2 aliphatic rings. The second-order valence-corrected chi connectivity index (χ2v) is 9.92. The Morgan fingerprint density at radius 1 is 1.10 bits per heavy atom. The first-order valence-corrected chi connectivity index (χ1v) is 12.0. The number of aromatic nitrogens is 2. The van der Waals surface area contributed by atoms with Gasteiger partial charge in [-0.3, -0.25) is 4.68 Å². The molecule has 174 valence electrons. The smallest absolute Gasteiger partial charge is 0.444 e. The normalized spacial score (nSPS) is 21.5. The summed E-state index contributed by atoms with van der Waals surface area (Å²) in [5.41, 5.74) is -0.0150. The highest BCUT2D eigenvalue weighted by Gasteiger charge is 2.58. The summed E-state index contributed by atoms with van der Waals surface area (Å²) in [4.78, 5) is 14.1. The van der Waals surface area contributed by atoms with Crippen molar-refractivity contribution in [2.45, 2.75) is 110 Å². The maximum Gasteiger partial charge on any atom is 0.498 e. The fourth-order valence-electron chi connectivity index (χ4n) is 5.22. The molecule has 3 heterocycles. The second kappa shape index (κ2) is 9.14. The van der Waals surface area contributed by atoms with Crippen molar-refractivity contribution in [2.24, 2.45) is 0 Å². The van der Waals surface area contributed by atoms with Crippen LogP contribution in [0.1, 0.15) is 93.0 Å². The third-order valence-electron chi connectivity index (χ3n) is 7.16. The molecule has 3 rings (SSSR count). The molecule has 1 aromatic rings. The van der Waals surface area contributed by atoms with Crippen molar-refractivity contribution in [3.63, 3.8) is 0 Å². The van der Waals surface area contributed by atoms with Crippen LogP contribution in [0.5, 0.6) is 0 Å². The standard InChI is InChI=1S/C23H40BN3O4/c1-8-22(9-2)23(10-3,11-4)31-24(30-22)18-16-25-27(17-18)19-12-14-26(15-13-19)20(28)29-21(5,6)7/h16-17,19H,8-15H2,1-7H3. The molecule has 0 N–H and O–H groups in total. The highest BCUT2D eigenvalue weighted by Crippen LogP contribution is 2.46. The minimum Gasteiger partial charge on any atom is -0.444 e. The minimum absolute atomic E-state index is 0.231. The molecular weight excluding hydrogens is 393 g/mol. The maximum absolute atomic E-state index is 12.3. The summed E-state index contributed by atoms with van der Waals surface area (Å²) < 4.78 is 20.7. The number of rotatable bonds is 6. The van der Waals surface area contributed by atoms with E-state index >= 15 is 0 Å². The van der Waals surface area contributed by atoms with Crippen molar-refractivity contribution in [3.8, 4) is 0 Å². The largest absolute Gasteiger partial charge is 0.498 e. The van der Waals surface area contributed by atoms with Gasteiger partial charge in [-0.05, 0) is 59.3 Å². The van der Waals surface area contributed by atoms with Crippen LogP contribution < -0.4 is 5.46 Å². The van der Waals surface area contributed by atoms with E-state index in [-0.39, 0.29) is 30.5 Å². The maximum atomic E-state index is 12.3. The number of nitrogens with zero attached hydrogens (tertiary/aromatic N) is 3. The van der Waals surface area contributed by atoms with E-state index in [1.54, 1.807) is 4.90 Å². The molecule has 0 aromatic carbocycles. The topological polar surface area (TPSA) is 65.8 Å². The quantitative estimate of drug-likeness (QED) is 0.626. The van der Waals surface area contributed by atoms with Crippen LogP contribution in [0.15, 0.2) is 12.4 Å². The molecule has 0 radical (unpaired) electrons. The SMILES string of the molecule is CCC1(CC)OB(c2cnn(C3CCN(C(=O)OC(C)(C)C)CC3)c2)OC1(CC)CC. The molecule has 2 aliphatic heterocycles. The summed E-state index contributed by atoms with van der Waals surface area (Å²) in [6, 6.07) is 0.262. The van der Waals surface area contributed by atoms with Crippen LogP contribution in [0.25, 0.3) is 0 Å². The molecule has 0 atom stereocenters. The first-order valence-electron chi connectivity index (χ1n) is 12.0. The molecule has 31 heavy (non-hydrogen) atoms. The molecule has 0 bridgehead atoms. The van der Waals surface area contributed by atoms with E-state index in [9.17, 15) is 4.79 Å². The van der Waals surface area contributed by atoms with Crippen molar-refractivity contribution in [2.75, 3.05) is 13.1 Å². The molecule has 7 nitrogen and oxygen atoms in total. The number of carbonyl (C=O) groups is 1. The van der Waals surface area contributed by atoms with E-state index < -0.39 is 5.60 Å². The Hall–Kier alpha value is -1.54. The second-order valence-electron chi connectivity index (χ2n) is 9.92. The van der Waals surface area contributed by atoms with Crippen LogP contribution in [-0.4, -0.2) is 57.8 Å². The molecule has 0 saturated carbocycles. The van der Waals surface area contributed by atoms with E-state index in [1.165, 1.54) is 0 Å². The van der Waals surface area contributed by atoms with Crippen molar-refractivity contribution in [3.05, 3.63) is 12.4 Å². The van der Waals surface area contributed by atoms with Crippen LogP contribution in [0.4, 0.5) is 4.79 Å². The zero-order valence-corrected chi connectivity index (χ0v) is 20.4. The summed E-state index contributed by atoms with van der Waals surface area (Å²) in [7, 11) is -0.379. The summed E-state index contributed by atoms with van der Waals surface area (Å²) in [6.07, 6.45) is 9.14. The lowest BCUT2D eigenvalue weighted by Gasteiger charge is -2.42. The number of hydrogen-bond donors (Lipinski definition) is 0. The molecule has 0 spiro atoms. The van der Waals surface area contributed by atoms with Crippen molar-refractivity contribution >= 4 is 18.7 Å². The number of likely N-dealkylation sites (tertiary alicyclic amines) is 1. The van der Waals surface area contributed by atoms with E-state index in [0.717, 1.165) is 44.0 Å². The van der Waals surface area contributed by atoms with Crippen LogP contribution in [0.2, 0.25) is 0 Å². The van der Waals surface area contributed by atoms with Gasteiger partial charge in [0.2, 0.25) is 0 Å². The van der Waals surface area contributed by atoms with E-state index in [2.05, 4.69) is 39.0 Å². The van der Waals surface area contributed by atoms with Gasteiger partial charge in [0.25, 0.3) is 0 Å². The highest BCUT2D eigenvalue weighted by atomic mass is 16.7. The Balaban J connectivity index is 1.66. The summed E-state index contributed by atoms with van der Waals surface area (Å²) >= 11 is 0. The average molecular weight is 433 g/mol. The monoisotopic (exact) mass is 433 g/mol. The van der Waals surface area contributed by atoms with Crippen molar-refractivity contribution in [1.29, 1.82) is 0 Å². The third kappa shape index (κ3) is 4.65. The van der Waals surface area contributed by atoms with Crippen LogP contribution in [-0.2, 0) is 14.0 Å². The van der Waals surface area contributed by atoms with Gasteiger partial charge in [0.1, 0.15) is 5.60 Å². The summed E-state index contributed by atoms with van der Waals surface area (Å²) in [5.74, 6) is 0. The van der Waals surface area contributed by atoms with Gasteiger partial charge in [-0.1, -0.05) is 27.7 Å². The van der Waals surface area contributed by atoms with E-state index in [0.29, 0.717) is 13.1 Å². The number of carbonyl (C=O) groups excluding carboxylic acids is 1. The zero-order valence-electron chi connectivity index (χ0n) is 20.4. The minimum atomic E-state index is -0.468. The lowest BCUT2D eigenvalue weighted by molar-refractivity contribution is -0.0601. The molecule has 2 saturated heterocycles. The molecule has 8 heteroatoms. The van der Waals surface area contributed by atoms with Gasteiger partial charge >= 0.3 is 13.2 Å². The van der Waals surface area contributed by atoms with Gasteiger partial charge in [0.15, 0.2) is 0 Å². The van der Waals surface area contributed by atoms with Gasteiger partial charge in [-0.25, -0.2) is 4.79 Å². The first-order chi connectivity index (χ1) is 14.6. The molecule has 2 fully saturated rings. The van der Waals surface area contributed by atoms with Crippen molar-refractivity contribution in [1.82, 2.24) is 14.7 Å². The van der Waals surface area contributed by atoms with Gasteiger partial charge in [-0.15, -0.1) is 0 Å². The molecule has 1 aromatic heterocycles. The Labute approximate surface area is 187 Å². The first kappa shape index (κ1) is 24.1. The fraction of sp³-hybridized carbons (Fsp3) is 0.826. The highest BCUT2D eigenvalue weighted by molar-refractivity contribution is 6.62. The third-order valence-corrected chi connectivity index (χ3v) is 7.16. The predicted molar refractivity (Wildman–Crippen MR) is 122 cm³/mol. The molecule has 0 unspecified atom stereocenters. The predicted octanol–water partition coefficient (Wildman–Crippen LogP) is 4.31. The fourth-order valence-corrected chi connectivity index (χ4v) is 5.22. The van der Waals surface area contributed by atoms with E-state index in [4.69, 9.17) is 14.0 Å². The molecule has 1 amide bonds. The Morgan fingerprint density at radius 3 is 2.06 bits per heavy atom. The lowest BCUT2D eigenvalue weighted by Crippen LogP contribution is -2.50. The summed E-state index contributed by atoms with van der Waals surface area (Å²) in [5, 5.41) is 4.63. The Morgan fingerprint density at radius 2 is 1.61 bits per heavy atom. The number of piperidine rings is 1. The summed E-state index contributed by atoms with van der Waals surface area (Å²) in [6.45, 7) is 15.8. The number of hydrogen-bond acceptors (Lipinski definition) is 5. The molecular formula is C23H40BN3O4. The zero-order chi connectivity index (χ0) is 22.9. The van der Waals surface area contributed by atoms with Crippen LogP contribution >= 0.6 is 0 Å². The van der Waals surface area contributed by atoms with E-state index in [1.807, 2.05) is 31.6 Å². The Bertz CT molecular complexity index is 724. The van der Waals surface area contributed by atoms with Crippen molar-refractivity contribution < 1.29 is 18.8 Å². The van der Waals surface area contributed by atoms with Crippen LogP contribution in [0, 0.1) is 0 Å².